The van der Waals surface area contributed by atoms with E-state index in [4.69, 9.17) is 0 Å². The average Bonchev–Trinajstić information content (AvgIpc) is 2.99. The highest BCUT2D eigenvalue weighted by molar-refractivity contribution is 5.56. The first kappa shape index (κ1) is 14.5. The van der Waals surface area contributed by atoms with Gasteiger partial charge in [-0.25, -0.2) is 15.5 Å². The molecule has 0 saturated heterocycles. The van der Waals surface area contributed by atoms with E-state index in [9.17, 15) is 18.3 Å². The number of aliphatic hydroxyl groups excluding tert-OH is 1. The van der Waals surface area contributed by atoms with Gasteiger partial charge in [0.2, 0.25) is 0 Å². The summed E-state index contributed by atoms with van der Waals surface area (Å²) in [6, 6.07) is 1.53. The van der Waals surface area contributed by atoms with Crippen LogP contribution in [0.25, 0.3) is 0 Å². The van der Waals surface area contributed by atoms with E-state index in [1.54, 1.807) is 0 Å². The zero-order valence-electron chi connectivity index (χ0n) is 11.0. The number of allylic oxidation sites excluding steroid dienone is 2. The van der Waals surface area contributed by atoms with Crippen LogP contribution in [0.2, 0.25) is 0 Å². The highest BCUT2D eigenvalue weighted by Crippen LogP contribution is 2.38. The van der Waals surface area contributed by atoms with Crippen LogP contribution in [-0.4, -0.2) is 43.9 Å². The molecule has 2 atom stereocenters. The van der Waals surface area contributed by atoms with Crippen LogP contribution in [0.1, 0.15) is 5.82 Å². The Morgan fingerprint density at radius 2 is 1.95 bits per heavy atom. The molecule has 1 aromatic rings. The summed E-state index contributed by atoms with van der Waals surface area (Å²) >= 11 is 0. The summed E-state index contributed by atoms with van der Waals surface area (Å²) in [5, 5.41) is 14.4. The standard InChI is InChI=1S/C12H11F3N6O/c13-12(14,15)20-8-18-19-21(20)11(5-2-1-4-9(11)22)10-16-6-3-7-17-10/h1-9,19,22H. The van der Waals surface area contributed by atoms with Gasteiger partial charge in [-0.15, -0.1) is 13.2 Å². The number of halogens is 3. The number of aliphatic hydroxyl groups is 1. The molecule has 0 amide bonds. The first-order valence-electron chi connectivity index (χ1n) is 6.23. The average molecular weight is 312 g/mol. The van der Waals surface area contributed by atoms with Gasteiger partial charge in [0.05, 0.1) is 0 Å². The zero-order valence-corrected chi connectivity index (χ0v) is 11.0. The molecule has 0 radical (unpaired) electrons. The van der Waals surface area contributed by atoms with Gasteiger partial charge in [0.1, 0.15) is 12.4 Å². The molecule has 0 fully saturated rings. The second-order valence-corrected chi connectivity index (χ2v) is 4.56. The van der Waals surface area contributed by atoms with Gasteiger partial charge in [0.15, 0.2) is 11.4 Å². The van der Waals surface area contributed by atoms with Gasteiger partial charge in [-0.3, -0.25) is 0 Å². The van der Waals surface area contributed by atoms with Gasteiger partial charge in [0.25, 0.3) is 0 Å². The lowest BCUT2D eigenvalue weighted by atomic mass is 9.87. The summed E-state index contributed by atoms with van der Waals surface area (Å²) in [5.41, 5.74) is 0.544. The Hall–Kier alpha value is -2.46. The van der Waals surface area contributed by atoms with Crippen molar-refractivity contribution in [2.24, 2.45) is 5.10 Å². The highest BCUT2D eigenvalue weighted by Gasteiger charge is 2.55. The molecular formula is C12H11F3N6O. The summed E-state index contributed by atoms with van der Waals surface area (Å²) in [4.78, 5) is 8.00. The number of hydrazone groups is 1. The Labute approximate surface area is 123 Å². The van der Waals surface area contributed by atoms with Crippen molar-refractivity contribution in [2.45, 2.75) is 17.9 Å². The molecule has 1 aliphatic heterocycles. The molecule has 0 bridgehead atoms. The van der Waals surface area contributed by atoms with Gasteiger partial charge >= 0.3 is 6.30 Å². The molecule has 0 saturated carbocycles. The van der Waals surface area contributed by atoms with Crippen molar-refractivity contribution >= 4 is 6.34 Å². The normalized spacial score (nSPS) is 28.2. The van der Waals surface area contributed by atoms with Crippen molar-refractivity contribution in [2.75, 3.05) is 0 Å². The van der Waals surface area contributed by atoms with Crippen LogP contribution in [0, 0.1) is 0 Å². The maximum atomic E-state index is 13.2. The molecule has 10 heteroatoms. The Morgan fingerprint density at radius 1 is 1.23 bits per heavy atom. The Balaban J connectivity index is 2.12. The molecule has 116 valence electrons. The van der Waals surface area contributed by atoms with Crippen molar-refractivity contribution in [3.8, 4) is 0 Å². The minimum atomic E-state index is -4.73. The number of hydrazine groups is 2. The minimum absolute atomic E-state index is 0.00431. The van der Waals surface area contributed by atoms with Crippen LogP contribution in [-0.2, 0) is 5.54 Å². The highest BCUT2D eigenvalue weighted by atomic mass is 19.4. The van der Waals surface area contributed by atoms with E-state index in [1.807, 2.05) is 0 Å². The number of nitrogens with zero attached hydrogens (tertiary/aromatic N) is 5. The Bertz CT molecular complexity index is 631. The van der Waals surface area contributed by atoms with Gasteiger partial charge in [-0.05, 0) is 12.1 Å². The summed E-state index contributed by atoms with van der Waals surface area (Å²) in [7, 11) is 0. The zero-order chi connectivity index (χ0) is 15.8. The SMILES string of the molecule is OC1C=CC=CC1(c1ncccn1)N1NN=CN1C(F)(F)F. The largest absolute Gasteiger partial charge is 0.501 e. The van der Waals surface area contributed by atoms with Crippen molar-refractivity contribution in [1.29, 1.82) is 0 Å². The van der Waals surface area contributed by atoms with Crippen LogP contribution >= 0.6 is 0 Å². The van der Waals surface area contributed by atoms with E-state index < -0.39 is 17.9 Å². The maximum absolute atomic E-state index is 13.2. The first-order chi connectivity index (χ1) is 10.5. The fraction of sp³-hybridized carbons (Fsp3) is 0.250. The van der Waals surface area contributed by atoms with Crippen LogP contribution in [0.4, 0.5) is 13.2 Å². The van der Waals surface area contributed by atoms with E-state index in [-0.39, 0.29) is 10.8 Å². The molecule has 1 aromatic heterocycles. The second kappa shape index (κ2) is 5.07. The van der Waals surface area contributed by atoms with E-state index in [0.29, 0.717) is 11.5 Å². The molecule has 0 spiro atoms. The van der Waals surface area contributed by atoms with E-state index in [0.717, 1.165) is 0 Å². The van der Waals surface area contributed by atoms with Gasteiger partial charge in [-0.1, -0.05) is 23.3 Å². The third kappa shape index (κ3) is 2.12. The molecule has 7 nitrogen and oxygen atoms in total. The summed E-state index contributed by atoms with van der Waals surface area (Å²) in [6.07, 6.45) is 3.07. The quantitative estimate of drug-likeness (QED) is 0.781. The lowest BCUT2D eigenvalue weighted by Crippen LogP contribution is -2.64. The van der Waals surface area contributed by atoms with Gasteiger partial charge in [0, 0.05) is 12.4 Å². The lowest BCUT2D eigenvalue weighted by molar-refractivity contribution is -0.306. The summed E-state index contributed by atoms with van der Waals surface area (Å²) in [5.74, 6) is -0.00431. The summed E-state index contributed by atoms with van der Waals surface area (Å²) in [6.45, 7) is 0. The second-order valence-electron chi connectivity index (χ2n) is 4.56. The fourth-order valence-corrected chi connectivity index (χ4v) is 2.30. The monoisotopic (exact) mass is 312 g/mol. The van der Waals surface area contributed by atoms with Crippen molar-refractivity contribution in [3.63, 3.8) is 0 Å². The third-order valence-corrected chi connectivity index (χ3v) is 3.28. The van der Waals surface area contributed by atoms with Crippen molar-refractivity contribution in [1.82, 2.24) is 25.6 Å². The number of nitrogens with one attached hydrogen (secondary N) is 1. The lowest BCUT2D eigenvalue weighted by Gasteiger charge is -2.43. The number of alkyl halides is 3. The van der Waals surface area contributed by atoms with Crippen LogP contribution in [0.15, 0.2) is 47.9 Å². The van der Waals surface area contributed by atoms with Crippen molar-refractivity contribution < 1.29 is 18.3 Å². The molecule has 22 heavy (non-hydrogen) atoms. The van der Waals surface area contributed by atoms with Crippen LogP contribution in [0.5, 0.6) is 0 Å². The number of hydrogen-bond acceptors (Lipinski definition) is 7. The molecule has 1 aliphatic carbocycles. The number of aromatic nitrogens is 2. The van der Waals surface area contributed by atoms with Gasteiger partial charge in [-0.2, -0.15) is 10.1 Å². The summed E-state index contributed by atoms with van der Waals surface area (Å²) < 4.78 is 39.5. The topological polar surface area (TPSA) is 76.9 Å². The Morgan fingerprint density at radius 3 is 2.59 bits per heavy atom. The molecular weight excluding hydrogens is 301 g/mol. The molecule has 0 aromatic carbocycles. The number of hydrogen-bond donors (Lipinski definition) is 2. The molecule has 2 unspecified atom stereocenters. The van der Waals surface area contributed by atoms with E-state index in [1.165, 1.54) is 42.8 Å². The van der Waals surface area contributed by atoms with Gasteiger partial charge < -0.3 is 5.11 Å². The predicted octanol–water partition coefficient (Wildman–Crippen LogP) is 0.659. The van der Waals surface area contributed by atoms with Crippen LogP contribution < -0.4 is 5.53 Å². The smallest absolute Gasteiger partial charge is 0.386 e. The fourth-order valence-electron chi connectivity index (χ4n) is 2.30. The molecule has 2 heterocycles. The Kier molecular flexibility index (Phi) is 3.34. The molecule has 2 N–H and O–H groups in total. The molecule has 2 aliphatic rings. The van der Waals surface area contributed by atoms with Crippen molar-refractivity contribution in [3.05, 3.63) is 48.6 Å². The maximum Gasteiger partial charge on any atom is 0.501 e. The van der Waals surface area contributed by atoms with E-state index in [2.05, 4.69) is 20.6 Å². The predicted molar refractivity (Wildman–Crippen MR) is 69.4 cm³/mol. The first-order valence-corrected chi connectivity index (χ1v) is 6.23. The van der Waals surface area contributed by atoms with Crippen LogP contribution in [0.3, 0.4) is 0 Å². The minimum Gasteiger partial charge on any atom is -0.386 e. The third-order valence-electron chi connectivity index (χ3n) is 3.28. The number of rotatable bonds is 2. The van der Waals surface area contributed by atoms with E-state index >= 15 is 0 Å². The molecule has 3 rings (SSSR count).